The van der Waals surface area contributed by atoms with Crippen LogP contribution in [0.25, 0.3) is 0 Å². The second kappa shape index (κ2) is 6.63. The van der Waals surface area contributed by atoms with Crippen molar-refractivity contribution in [2.24, 2.45) is 0 Å². The van der Waals surface area contributed by atoms with Crippen molar-refractivity contribution in [1.29, 1.82) is 0 Å². The van der Waals surface area contributed by atoms with Gasteiger partial charge in [-0.1, -0.05) is 54.1 Å². The molecule has 5 heteroatoms. The predicted molar refractivity (Wildman–Crippen MR) is 98.1 cm³/mol. The van der Waals surface area contributed by atoms with Gasteiger partial charge in [-0.2, -0.15) is 0 Å². The summed E-state index contributed by atoms with van der Waals surface area (Å²) in [5.41, 5.74) is 2.34. The van der Waals surface area contributed by atoms with Crippen molar-refractivity contribution in [3.05, 3.63) is 89.5 Å². The first-order chi connectivity index (χ1) is 11.8. The van der Waals surface area contributed by atoms with Crippen LogP contribution in [0.15, 0.2) is 73.3 Å². The highest BCUT2D eigenvalue weighted by Gasteiger charge is 2.43. The maximum atomic E-state index is 6.61. The first-order valence-corrected chi connectivity index (χ1v) is 9.20. The number of hydrogen-bond donors (Lipinski definition) is 0. The third kappa shape index (κ3) is 3.09. The largest absolute Gasteiger partial charge is 0.349 e. The summed E-state index contributed by atoms with van der Waals surface area (Å²) in [5, 5.41) is 0.735. The summed E-state index contributed by atoms with van der Waals surface area (Å²) in [6.45, 7) is 0.711. The van der Waals surface area contributed by atoms with Crippen LogP contribution in [0.3, 0.4) is 0 Å². The van der Waals surface area contributed by atoms with E-state index in [1.807, 2.05) is 42.5 Å². The van der Waals surface area contributed by atoms with Gasteiger partial charge in [0.15, 0.2) is 4.93 Å². The van der Waals surface area contributed by atoms with E-state index in [-0.39, 0.29) is 6.10 Å². The number of aromatic nitrogens is 2. The molecule has 1 aromatic heterocycles. The van der Waals surface area contributed by atoms with Crippen LogP contribution in [0.2, 0.25) is 5.02 Å². The van der Waals surface area contributed by atoms with Crippen LogP contribution in [0.1, 0.15) is 17.2 Å². The summed E-state index contributed by atoms with van der Waals surface area (Å²) in [5.74, 6) is 0.918. The Kier molecular flexibility index (Phi) is 4.35. The van der Waals surface area contributed by atoms with Gasteiger partial charge in [-0.05, 0) is 23.3 Å². The molecule has 0 radical (unpaired) electrons. The molecule has 0 N–H and O–H groups in total. The third-order valence-electron chi connectivity index (χ3n) is 4.21. The van der Waals surface area contributed by atoms with Crippen LogP contribution in [-0.4, -0.2) is 15.3 Å². The summed E-state index contributed by atoms with van der Waals surface area (Å²) in [7, 11) is 0. The van der Waals surface area contributed by atoms with Crippen LogP contribution < -0.4 is 0 Å². The van der Waals surface area contributed by atoms with Gasteiger partial charge in [-0.3, -0.25) is 0 Å². The molecule has 4 rings (SSSR count). The van der Waals surface area contributed by atoms with Crippen LogP contribution >= 0.6 is 23.4 Å². The lowest BCUT2D eigenvalue weighted by molar-refractivity contribution is -0.0219. The van der Waals surface area contributed by atoms with E-state index in [4.69, 9.17) is 16.3 Å². The fraction of sp³-hybridized carbons (Fsp3) is 0.211. The number of imidazole rings is 1. The molecular weight excluding hydrogens is 340 g/mol. The maximum Gasteiger partial charge on any atom is 0.158 e. The molecule has 24 heavy (non-hydrogen) atoms. The van der Waals surface area contributed by atoms with Crippen LogP contribution in [0.4, 0.5) is 0 Å². The molecule has 0 aliphatic carbocycles. The minimum Gasteiger partial charge on any atom is -0.349 e. The monoisotopic (exact) mass is 356 g/mol. The zero-order chi connectivity index (χ0) is 16.4. The summed E-state index contributed by atoms with van der Waals surface area (Å²) in [4.78, 5) is 3.72. The van der Waals surface area contributed by atoms with E-state index in [1.165, 1.54) is 5.56 Å². The molecule has 1 aliphatic heterocycles. The second-order valence-electron chi connectivity index (χ2n) is 5.82. The Labute approximate surface area is 150 Å². The zero-order valence-electron chi connectivity index (χ0n) is 13.0. The molecular formula is C19H17ClN2OS. The molecule has 122 valence electrons. The lowest BCUT2D eigenvalue weighted by Crippen LogP contribution is -2.28. The Balaban J connectivity index is 1.68. The van der Waals surface area contributed by atoms with Crippen molar-refractivity contribution in [2.45, 2.75) is 17.6 Å². The molecule has 0 amide bonds. The number of nitrogens with zero attached hydrogens (tertiary/aromatic N) is 2. The van der Waals surface area contributed by atoms with E-state index < -0.39 is 4.93 Å². The molecule has 1 fully saturated rings. The van der Waals surface area contributed by atoms with Crippen molar-refractivity contribution in [1.82, 2.24) is 9.55 Å². The summed E-state index contributed by atoms with van der Waals surface area (Å²) in [6.07, 6.45) is 5.68. The first kappa shape index (κ1) is 15.8. The highest BCUT2D eigenvalue weighted by atomic mass is 35.5. The Morgan fingerprint density at radius 1 is 1.17 bits per heavy atom. The number of thioether (sulfide) groups is 1. The topological polar surface area (TPSA) is 27.1 Å². The molecule has 2 atom stereocenters. The van der Waals surface area contributed by atoms with Gasteiger partial charge in [-0.25, -0.2) is 4.98 Å². The van der Waals surface area contributed by atoms with Gasteiger partial charge in [0.1, 0.15) is 0 Å². The van der Waals surface area contributed by atoms with Crippen LogP contribution in [0, 0.1) is 0 Å². The van der Waals surface area contributed by atoms with Crippen molar-refractivity contribution in [2.75, 3.05) is 5.75 Å². The highest BCUT2D eigenvalue weighted by Crippen LogP contribution is 2.51. The molecule has 1 saturated heterocycles. The van der Waals surface area contributed by atoms with Crippen LogP contribution in [0.5, 0.6) is 0 Å². The fourth-order valence-corrected chi connectivity index (χ4v) is 4.52. The van der Waals surface area contributed by atoms with Crippen molar-refractivity contribution >= 4 is 23.4 Å². The average molecular weight is 357 g/mol. The number of rotatable bonds is 4. The predicted octanol–water partition coefficient (Wildman–Crippen LogP) is 4.89. The first-order valence-electron chi connectivity index (χ1n) is 7.84. The van der Waals surface area contributed by atoms with Gasteiger partial charge in [0.2, 0.25) is 0 Å². The molecule has 2 unspecified atom stereocenters. The standard InChI is InChI=1S/C19H17ClN2OS/c20-17-8-6-16(7-9-17)19(13-22-11-10-21-14-22)23-18(12-24-19)15-4-2-1-3-5-15/h1-11,14,18H,12-13H2. The van der Waals surface area contributed by atoms with E-state index in [1.54, 1.807) is 6.20 Å². The van der Waals surface area contributed by atoms with Crippen molar-refractivity contribution < 1.29 is 4.74 Å². The SMILES string of the molecule is Clc1ccc(C2(Cn3ccnc3)OC(c3ccccc3)CS2)cc1. The number of hydrogen-bond acceptors (Lipinski definition) is 3. The van der Waals surface area contributed by atoms with Gasteiger partial charge in [0, 0.05) is 23.2 Å². The molecule has 0 saturated carbocycles. The van der Waals surface area contributed by atoms with Crippen LogP contribution in [-0.2, 0) is 16.2 Å². The average Bonchev–Trinajstić information content (AvgIpc) is 3.27. The summed E-state index contributed by atoms with van der Waals surface area (Å²) < 4.78 is 8.67. The van der Waals surface area contributed by atoms with Crippen molar-refractivity contribution in [3.63, 3.8) is 0 Å². The zero-order valence-corrected chi connectivity index (χ0v) is 14.6. The minimum atomic E-state index is -0.439. The summed E-state index contributed by atoms with van der Waals surface area (Å²) in [6, 6.07) is 18.4. The smallest absolute Gasteiger partial charge is 0.158 e. The molecule has 2 heterocycles. The van der Waals surface area contributed by atoms with E-state index in [0.717, 1.165) is 16.3 Å². The number of halogens is 1. The van der Waals surface area contributed by atoms with Gasteiger partial charge < -0.3 is 9.30 Å². The van der Waals surface area contributed by atoms with Gasteiger partial charge in [0.05, 0.1) is 19.0 Å². The van der Waals surface area contributed by atoms with Crippen molar-refractivity contribution in [3.8, 4) is 0 Å². The lowest BCUT2D eigenvalue weighted by atomic mass is 10.1. The minimum absolute atomic E-state index is 0.0791. The van der Waals surface area contributed by atoms with Gasteiger partial charge >= 0.3 is 0 Å². The fourth-order valence-electron chi connectivity index (χ4n) is 2.99. The van der Waals surface area contributed by atoms with E-state index in [9.17, 15) is 0 Å². The Morgan fingerprint density at radius 3 is 2.67 bits per heavy atom. The highest BCUT2D eigenvalue weighted by molar-refractivity contribution is 8.00. The molecule has 0 bridgehead atoms. The van der Waals surface area contributed by atoms with E-state index >= 15 is 0 Å². The van der Waals surface area contributed by atoms with Gasteiger partial charge in [-0.15, -0.1) is 11.8 Å². The summed E-state index contributed by atoms with van der Waals surface area (Å²) >= 11 is 7.90. The molecule has 1 aliphatic rings. The number of ether oxygens (including phenoxy) is 1. The molecule has 2 aromatic carbocycles. The Morgan fingerprint density at radius 2 is 1.96 bits per heavy atom. The molecule has 3 aromatic rings. The quantitative estimate of drug-likeness (QED) is 0.665. The maximum absolute atomic E-state index is 6.61. The molecule has 0 spiro atoms. The van der Waals surface area contributed by atoms with Gasteiger partial charge in [0.25, 0.3) is 0 Å². The normalized spacial score (nSPS) is 23.5. The van der Waals surface area contributed by atoms with E-state index in [0.29, 0.717) is 6.54 Å². The number of benzene rings is 2. The Bertz CT molecular complexity index is 792. The Hall–Kier alpha value is -1.75. The van der Waals surface area contributed by atoms with E-state index in [2.05, 4.69) is 45.9 Å². The molecule has 3 nitrogen and oxygen atoms in total. The lowest BCUT2D eigenvalue weighted by Gasteiger charge is -2.29. The second-order valence-corrected chi connectivity index (χ2v) is 7.54. The third-order valence-corrected chi connectivity index (χ3v) is 5.85.